The molecule has 0 aliphatic carbocycles. The van der Waals surface area contributed by atoms with Crippen molar-refractivity contribution in [3.63, 3.8) is 0 Å². The molecule has 1 amide bonds. The van der Waals surface area contributed by atoms with Gasteiger partial charge in [0.2, 0.25) is 0 Å². The van der Waals surface area contributed by atoms with Crippen LogP contribution in [0.25, 0.3) is 0 Å². The summed E-state index contributed by atoms with van der Waals surface area (Å²) in [5, 5.41) is 13.8. The Morgan fingerprint density at radius 1 is 1.22 bits per heavy atom. The van der Waals surface area contributed by atoms with Gasteiger partial charge in [-0.25, -0.2) is 0 Å². The number of halogens is 1. The molecule has 0 bridgehead atoms. The molecule has 2 aromatic rings. The predicted octanol–water partition coefficient (Wildman–Crippen LogP) is 3.51. The molecule has 0 saturated carbocycles. The van der Waals surface area contributed by atoms with Crippen LogP contribution in [-0.2, 0) is 0 Å². The highest BCUT2D eigenvalue weighted by Gasteiger charge is 2.20. The minimum Gasteiger partial charge on any atom is -0.497 e. The average molecular weight is 334 g/mol. The zero-order valence-electron chi connectivity index (χ0n) is 13.3. The molecule has 2 N–H and O–H groups in total. The number of carbonyl (C=O) groups is 1. The highest BCUT2D eigenvalue weighted by atomic mass is 35.5. The van der Waals surface area contributed by atoms with Crippen LogP contribution in [0, 0.1) is 6.92 Å². The van der Waals surface area contributed by atoms with Crippen LogP contribution < -0.4 is 10.1 Å². The monoisotopic (exact) mass is 333 g/mol. The lowest BCUT2D eigenvalue weighted by Crippen LogP contribution is -2.37. The second-order valence-corrected chi connectivity index (χ2v) is 5.88. The summed E-state index contributed by atoms with van der Waals surface area (Å²) < 4.78 is 5.13. The van der Waals surface area contributed by atoms with E-state index in [0.29, 0.717) is 21.9 Å². The zero-order chi connectivity index (χ0) is 17.0. The van der Waals surface area contributed by atoms with E-state index in [1.54, 1.807) is 56.5 Å². The number of amides is 1. The third kappa shape index (κ3) is 4.24. The Labute approximate surface area is 141 Å². The maximum atomic E-state index is 12.4. The molecule has 23 heavy (non-hydrogen) atoms. The maximum Gasteiger partial charge on any atom is 0.251 e. The average Bonchev–Trinajstić information content (AvgIpc) is 2.54. The molecule has 2 unspecified atom stereocenters. The summed E-state index contributed by atoms with van der Waals surface area (Å²) in [6, 6.07) is 11.7. The first-order valence-electron chi connectivity index (χ1n) is 7.31. The molecule has 0 radical (unpaired) electrons. The number of carbonyl (C=O) groups excluding carboxylic acids is 1. The third-order valence-corrected chi connectivity index (χ3v) is 3.97. The number of methoxy groups -OCH3 is 1. The Morgan fingerprint density at radius 2 is 1.87 bits per heavy atom. The lowest BCUT2D eigenvalue weighted by Gasteiger charge is -2.21. The van der Waals surface area contributed by atoms with Gasteiger partial charge in [0, 0.05) is 10.6 Å². The van der Waals surface area contributed by atoms with Crippen molar-refractivity contribution in [1.82, 2.24) is 5.32 Å². The number of aliphatic hydroxyl groups excluding tert-OH is 1. The molecule has 5 heteroatoms. The molecule has 0 aliphatic rings. The molecule has 0 fully saturated rings. The second kappa shape index (κ2) is 7.49. The molecule has 2 rings (SSSR count). The quantitative estimate of drug-likeness (QED) is 0.880. The number of hydrogen-bond donors (Lipinski definition) is 2. The van der Waals surface area contributed by atoms with Crippen molar-refractivity contribution in [3.8, 4) is 5.75 Å². The number of benzene rings is 2. The van der Waals surface area contributed by atoms with Crippen LogP contribution in [0.15, 0.2) is 42.5 Å². The summed E-state index contributed by atoms with van der Waals surface area (Å²) >= 11 is 5.84. The van der Waals surface area contributed by atoms with Crippen molar-refractivity contribution >= 4 is 17.5 Å². The molecule has 122 valence electrons. The fourth-order valence-electron chi connectivity index (χ4n) is 2.33. The van der Waals surface area contributed by atoms with E-state index in [1.165, 1.54) is 0 Å². The van der Waals surface area contributed by atoms with Crippen LogP contribution in [0.2, 0.25) is 5.02 Å². The standard InChI is InChI=1S/C18H20ClNO3/c1-11-10-15(23-3)8-9-16(11)18(22)20-12(2)17(21)13-4-6-14(19)7-5-13/h4-10,12,17,21H,1-3H3,(H,20,22). The van der Waals surface area contributed by atoms with Crippen molar-refractivity contribution in [1.29, 1.82) is 0 Å². The zero-order valence-corrected chi connectivity index (χ0v) is 14.1. The Kier molecular flexibility index (Phi) is 5.64. The highest BCUT2D eigenvalue weighted by Crippen LogP contribution is 2.21. The number of hydrogen-bond acceptors (Lipinski definition) is 3. The maximum absolute atomic E-state index is 12.4. The van der Waals surface area contributed by atoms with Gasteiger partial charge < -0.3 is 15.2 Å². The summed E-state index contributed by atoms with van der Waals surface area (Å²) in [6.45, 7) is 3.60. The first-order valence-corrected chi connectivity index (χ1v) is 7.69. The van der Waals surface area contributed by atoms with E-state index in [-0.39, 0.29) is 5.91 Å². The van der Waals surface area contributed by atoms with Gasteiger partial charge in [-0.15, -0.1) is 0 Å². The molecule has 0 aliphatic heterocycles. The second-order valence-electron chi connectivity index (χ2n) is 5.44. The number of aliphatic hydroxyl groups is 1. The number of aryl methyl sites for hydroxylation is 1. The molecule has 0 heterocycles. The van der Waals surface area contributed by atoms with Crippen LogP contribution in [0.5, 0.6) is 5.75 Å². The van der Waals surface area contributed by atoms with Crippen LogP contribution in [0.3, 0.4) is 0 Å². The summed E-state index contributed by atoms with van der Waals surface area (Å²) in [6.07, 6.45) is -0.810. The van der Waals surface area contributed by atoms with E-state index in [1.807, 2.05) is 6.92 Å². The third-order valence-electron chi connectivity index (χ3n) is 3.72. The topological polar surface area (TPSA) is 58.6 Å². The van der Waals surface area contributed by atoms with Gasteiger partial charge in [0.15, 0.2) is 0 Å². The summed E-state index contributed by atoms with van der Waals surface area (Å²) in [7, 11) is 1.58. The van der Waals surface area contributed by atoms with Crippen LogP contribution in [0.4, 0.5) is 0 Å². The van der Waals surface area contributed by atoms with E-state index in [9.17, 15) is 9.90 Å². The van der Waals surface area contributed by atoms with Gasteiger partial charge in [0.05, 0.1) is 19.3 Å². The largest absolute Gasteiger partial charge is 0.497 e. The lowest BCUT2D eigenvalue weighted by molar-refractivity contribution is 0.0851. The molecular weight excluding hydrogens is 314 g/mol. The Balaban J connectivity index is 2.08. The minimum atomic E-state index is -0.810. The summed E-state index contributed by atoms with van der Waals surface area (Å²) in [5.41, 5.74) is 2.07. The van der Waals surface area contributed by atoms with Crippen molar-refractivity contribution in [2.24, 2.45) is 0 Å². The fourth-order valence-corrected chi connectivity index (χ4v) is 2.46. The van der Waals surface area contributed by atoms with E-state index in [0.717, 1.165) is 5.56 Å². The summed E-state index contributed by atoms with van der Waals surface area (Å²) in [5.74, 6) is 0.471. The van der Waals surface area contributed by atoms with Gasteiger partial charge in [-0.3, -0.25) is 4.79 Å². The first-order chi connectivity index (χ1) is 10.9. The smallest absolute Gasteiger partial charge is 0.251 e. The highest BCUT2D eigenvalue weighted by molar-refractivity contribution is 6.30. The van der Waals surface area contributed by atoms with Gasteiger partial charge >= 0.3 is 0 Å². The normalized spacial score (nSPS) is 13.3. The predicted molar refractivity (Wildman–Crippen MR) is 91.1 cm³/mol. The van der Waals surface area contributed by atoms with E-state index in [2.05, 4.69) is 5.32 Å². The van der Waals surface area contributed by atoms with Crippen molar-refractivity contribution < 1.29 is 14.6 Å². The van der Waals surface area contributed by atoms with Gasteiger partial charge in [-0.2, -0.15) is 0 Å². The minimum absolute atomic E-state index is 0.231. The first kappa shape index (κ1) is 17.3. The Hall–Kier alpha value is -2.04. The lowest BCUT2D eigenvalue weighted by atomic mass is 10.0. The molecule has 0 aromatic heterocycles. The van der Waals surface area contributed by atoms with Crippen LogP contribution in [0.1, 0.15) is 34.5 Å². The van der Waals surface area contributed by atoms with Crippen molar-refractivity contribution in [2.45, 2.75) is 26.0 Å². The molecule has 4 nitrogen and oxygen atoms in total. The van der Waals surface area contributed by atoms with E-state index in [4.69, 9.17) is 16.3 Å². The van der Waals surface area contributed by atoms with Gasteiger partial charge in [0.1, 0.15) is 5.75 Å². The van der Waals surface area contributed by atoms with E-state index < -0.39 is 12.1 Å². The van der Waals surface area contributed by atoms with E-state index >= 15 is 0 Å². The van der Waals surface area contributed by atoms with Gasteiger partial charge in [-0.05, 0) is 55.3 Å². The number of rotatable bonds is 5. The molecule has 0 spiro atoms. The van der Waals surface area contributed by atoms with Crippen molar-refractivity contribution in [2.75, 3.05) is 7.11 Å². The Bertz CT molecular complexity index is 685. The molecular formula is C18H20ClNO3. The SMILES string of the molecule is COc1ccc(C(=O)NC(C)C(O)c2ccc(Cl)cc2)c(C)c1. The van der Waals surface area contributed by atoms with Crippen LogP contribution >= 0.6 is 11.6 Å². The fraction of sp³-hybridized carbons (Fsp3) is 0.278. The number of nitrogens with one attached hydrogen (secondary N) is 1. The van der Waals surface area contributed by atoms with Crippen molar-refractivity contribution in [3.05, 3.63) is 64.2 Å². The Morgan fingerprint density at radius 3 is 2.43 bits per heavy atom. The van der Waals surface area contributed by atoms with Gasteiger partial charge in [0.25, 0.3) is 5.91 Å². The summed E-state index contributed by atoms with van der Waals surface area (Å²) in [4.78, 5) is 12.4. The van der Waals surface area contributed by atoms with Crippen LogP contribution in [-0.4, -0.2) is 24.2 Å². The van der Waals surface area contributed by atoms with Gasteiger partial charge in [-0.1, -0.05) is 23.7 Å². The molecule has 2 atom stereocenters. The number of ether oxygens (including phenoxy) is 1. The molecule has 0 saturated heterocycles. The molecule has 2 aromatic carbocycles.